The van der Waals surface area contributed by atoms with Crippen LogP contribution in [0.5, 0.6) is 0 Å². The van der Waals surface area contributed by atoms with Gasteiger partial charge in [0, 0.05) is 35.5 Å². The standard InChI is InChI=1S/C27H32O7/c1-14-10-19-25(31,21(14)29)12-16(13-28)11-18-20-24(3,4)27(20,33)22(15(2)26(18,19)32)34-23(30)17-8-6-5-7-9-17/h5-11,15,18-20,22,28,31-33H,12-13H2,1-4H3/t15-,18+,19-,20+,22-,25-,26-,27-/m1/s1. The Bertz CT molecular complexity index is 1120. The molecular weight excluding hydrogens is 436 g/mol. The van der Waals surface area contributed by atoms with Crippen LogP contribution in [-0.2, 0) is 9.53 Å². The third-order valence-corrected chi connectivity index (χ3v) is 9.25. The molecule has 34 heavy (non-hydrogen) atoms. The lowest BCUT2D eigenvalue weighted by Crippen LogP contribution is -2.65. The van der Waals surface area contributed by atoms with Crippen molar-refractivity contribution in [2.24, 2.45) is 29.1 Å². The number of carbonyl (C=O) groups excluding carboxylic acids is 2. The zero-order valence-corrected chi connectivity index (χ0v) is 19.9. The fraction of sp³-hybridized carbons (Fsp3) is 0.556. The molecule has 0 aromatic heterocycles. The van der Waals surface area contributed by atoms with Gasteiger partial charge < -0.3 is 25.2 Å². The number of ketones is 1. The summed E-state index contributed by atoms with van der Waals surface area (Å²) in [5.74, 6) is -4.07. The van der Waals surface area contributed by atoms with E-state index in [4.69, 9.17) is 4.74 Å². The Balaban J connectivity index is 1.65. The Hall–Kier alpha value is -2.32. The Kier molecular flexibility index (Phi) is 4.89. The van der Waals surface area contributed by atoms with Crippen LogP contribution >= 0.6 is 0 Å². The molecule has 0 heterocycles. The van der Waals surface area contributed by atoms with Crippen LogP contribution in [0.1, 0.15) is 44.5 Å². The van der Waals surface area contributed by atoms with Crippen molar-refractivity contribution in [3.05, 3.63) is 59.2 Å². The number of ether oxygens (including phenoxy) is 1. The monoisotopic (exact) mass is 468 g/mol. The second-order valence-corrected chi connectivity index (χ2v) is 11.2. The molecule has 0 aliphatic heterocycles. The first-order valence-electron chi connectivity index (χ1n) is 11.8. The van der Waals surface area contributed by atoms with Gasteiger partial charge >= 0.3 is 5.97 Å². The van der Waals surface area contributed by atoms with Crippen molar-refractivity contribution in [1.82, 2.24) is 0 Å². The van der Waals surface area contributed by atoms with Gasteiger partial charge in [-0.1, -0.05) is 51.1 Å². The van der Waals surface area contributed by atoms with E-state index in [2.05, 4.69) is 0 Å². The van der Waals surface area contributed by atoms with Gasteiger partial charge in [-0.2, -0.15) is 0 Å². The molecule has 7 heteroatoms. The number of hydrogen-bond acceptors (Lipinski definition) is 7. The molecule has 0 saturated heterocycles. The summed E-state index contributed by atoms with van der Waals surface area (Å²) in [5, 5.41) is 45.9. The predicted molar refractivity (Wildman–Crippen MR) is 122 cm³/mol. The van der Waals surface area contributed by atoms with Crippen molar-refractivity contribution in [2.75, 3.05) is 6.61 Å². The molecule has 7 nitrogen and oxygen atoms in total. The Labute approximate surface area is 198 Å². The van der Waals surface area contributed by atoms with Crippen LogP contribution in [0.2, 0.25) is 0 Å². The summed E-state index contributed by atoms with van der Waals surface area (Å²) in [7, 11) is 0. The maximum Gasteiger partial charge on any atom is 0.338 e. The number of esters is 1. The highest BCUT2D eigenvalue weighted by Gasteiger charge is 2.85. The lowest BCUT2D eigenvalue weighted by molar-refractivity contribution is -0.209. The van der Waals surface area contributed by atoms with E-state index >= 15 is 0 Å². The maximum atomic E-state index is 13.1. The Morgan fingerprint density at radius 2 is 1.76 bits per heavy atom. The van der Waals surface area contributed by atoms with E-state index < -0.39 is 63.7 Å². The van der Waals surface area contributed by atoms with Gasteiger partial charge in [0.25, 0.3) is 0 Å². The van der Waals surface area contributed by atoms with Crippen LogP contribution in [0.25, 0.3) is 0 Å². The molecule has 0 spiro atoms. The van der Waals surface area contributed by atoms with Crippen molar-refractivity contribution in [3.63, 3.8) is 0 Å². The minimum atomic E-state index is -1.92. The third-order valence-electron chi connectivity index (χ3n) is 9.25. The van der Waals surface area contributed by atoms with Crippen molar-refractivity contribution in [1.29, 1.82) is 0 Å². The van der Waals surface area contributed by atoms with Gasteiger partial charge in [0.1, 0.15) is 17.3 Å². The number of carbonyl (C=O) groups is 2. The number of fused-ring (bicyclic) bond motifs is 5. The lowest BCUT2D eigenvalue weighted by Gasteiger charge is -2.52. The summed E-state index contributed by atoms with van der Waals surface area (Å²) < 4.78 is 5.92. The van der Waals surface area contributed by atoms with Crippen molar-refractivity contribution in [3.8, 4) is 0 Å². The van der Waals surface area contributed by atoms with E-state index in [1.54, 1.807) is 56.3 Å². The van der Waals surface area contributed by atoms with Crippen molar-refractivity contribution >= 4 is 11.8 Å². The second-order valence-electron chi connectivity index (χ2n) is 11.2. The van der Waals surface area contributed by atoms with E-state index in [0.717, 1.165) is 0 Å². The van der Waals surface area contributed by atoms with Crippen molar-refractivity contribution in [2.45, 2.75) is 57.0 Å². The van der Waals surface area contributed by atoms with Gasteiger partial charge in [-0.05, 0) is 30.2 Å². The number of hydrogen-bond donors (Lipinski definition) is 4. The van der Waals surface area contributed by atoms with Gasteiger partial charge in [0.2, 0.25) is 0 Å². The lowest BCUT2D eigenvalue weighted by atomic mass is 9.59. The van der Waals surface area contributed by atoms with Crippen LogP contribution in [0.3, 0.4) is 0 Å². The van der Waals surface area contributed by atoms with Crippen LogP contribution in [0.4, 0.5) is 0 Å². The van der Waals surface area contributed by atoms with E-state index in [9.17, 15) is 30.0 Å². The summed E-state index contributed by atoms with van der Waals surface area (Å²) >= 11 is 0. The molecule has 2 fully saturated rings. The third kappa shape index (κ3) is 2.67. The van der Waals surface area contributed by atoms with Crippen LogP contribution in [0, 0.1) is 29.1 Å². The molecule has 2 saturated carbocycles. The van der Waals surface area contributed by atoms with E-state index in [1.807, 2.05) is 13.8 Å². The minimum Gasteiger partial charge on any atom is -0.455 e. The number of aliphatic hydroxyl groups excluding tert-OH is 1. The molecule has 5 rings (SSSR count). The van der Waals surface area contributed by atoms with Gasteiger partial charge in [0.15, 0.2) is 5.78 Å². The average Bonchev–Trinajstić information content (AvgIpc) is 3.20. The topological polar surface area (TPSA) is 124 Å². The number of rotatable bonds is 3. The highest BCUT2D eigenvalue weighted by atomic mass is 16.6. The molecule has 0 amide bonds. The summed E-state index contributed by atoms with van der Waals surface area (Å²) in [6.45, 7) is 6.66. The van der Waals surface area contributed by atoms with E-state index in [0.29, 0.717) is 16.7 Å². The molecule has 0 radical (unpaired) electrons. The highest BCUT2D eigenvalue weighted by Crippen LogP contribution is 2.75. The summed E-state index contributed by atoms with van der Waals surface area (Å²) in [4.78, 5) is 26.1. The summed E-state index contributed by atoms with van der Waals surface area (Å²) in [5.41, 5.74) is -4.65. The molecule has 1 aromatic rings. The summed E-state index contributed by atoms with van der Waals surface area (Å²) in [6, 6.07) is 8.45. The molecule has 4 N–H and O–H groups in total. The number of Topliss-reactive ketones (excluding diaryl/α,β-unsaturated/α-hetero) is 1. The van der Waals surface area contributed by atoms with Gasteiger partial charge in [-0.3, -0.25) is 4.79 Å². The first kappa shape index (κ1) is 23.4. The van der Waals surface area contributed by atoms with Gasteiger partial charge in [0.05, 0.1) is 17.8 Å². The molecule has 0 unspecified atom stereocenters. The van der Waals surface area contributed by atoms with E-state index in [-0.39, 0.29) is 13.0 Å². The van der Waals surface area contributed by atoms with E-state index in [1.165, 1.54) is 0 Å². The molecule has 182 valence electrons. The zero-order valence-electron chi connectivity index (χ0n) is 19.9. The number of aliphatic hydroxyl groups is 4. The largest absolute Gasteiger partial charge is 0.455 e. The molecule has 4 aliphatic rings. The molecule has 8 atom stereocenters. The molecular formula is C27H32O7. The summed E-state index contributed by atoms with van der Waals surface area (Å²) in [6.07, 6.45) is 2.16. The maximum absolute atomic E-state index is 13.1. The van der Waals surface area contributed by atoms with Crippen LogP contribution < -0.4 is 0 Å². The quantitative estimate of drug-likeness (QED) is 0.394. The van der Waals surface area contributed by atoms with Crippen LogP contribution in [0.15, 0.2) is 53.6 Å². The first-order chi connectivity index (χ1) is 15.8. The SMILES string of the molecule is CC1=C[C@H]2[C@@]3(O)[C@H](C)[C@@H](OC(=O)c4ccccc4)[C@]4(O)[C@@H]([C@@H]3C=C(CO)C[C@]2(O)C1=O)C4(C)C. The fourth-order valence-electron chi connectivity index (χ4n) is 7.36. The smallest absolute Gasteiger partial charge is 0.338 e. The van der Waals surface area contributed by atoms with Gasteiger partial charge in [-0.15, -0.1) is 0 Å². The predicted octanol–water partition coefficient (Wildman–Crippen LogP) is 1.79. The number of benzene rings is 1. The second kappa shape index (κ2) is 7.10. The van der Waals surface area contributed by atoms with Crippen LogP contribution in [-0.4, -0.2) is 61.7 Å². The molecule has 4 aliphatic carbocycles. The zero-order chi connectivity index (χ0) is 24.8. The average molecular weight is 469 g/mol. The molecule has 0 bridgehead atoms. The Morgan fingerprint density at radius 3 is 2.38 bits per heavy atom. The Morgan fingerprint density at radius 1 is 1.12 bits per heavy atom. The molecule has 1 aromatic carbocycles. The normalized spacial score (nSPS) is 44.1. The van der Waals surface area contributed by atoms with Crippen molar-refractivity contribution < 1.29 is 34.8 Å². The first-order valence-corrected chi connectivity index (χ1v) is 11.8. The minimum absolute atomic E-state index is 0.105. The van der Waals surface area contributed by atoms with Gasteiger partial charge in [-0.25, -0.2) is 4.79 Å². The highest BCUT2D eigenvalue weighted by molar-refractivity contribution is 6.04. The fourth-order valence-corrected chi connectivity index (χ4v) is 7.36.